The third-order valence-corrected chi connectivity index (χ3v) is 1.04. The third-order valence-electron chi connectivity index (χ3n) is 0.607. The fraction of sp³-hybridized carbons (Fsp3) is 0.333. The summed E-state index contributed by atoms with van der Waals surface area (Å²) in [6, 6.07) is 0. The third kappa shape index (κ3) is 1.35. The minimum atomic E-state index is -0.458. The Morgan fingerprint density at radius 1 is 1.75 bits per heavy atom. The van der Waals surface area contributed by atoms with Gasteiger partial charge in [0.05, 0.1) is 0 Å². The van der Waals surface area contributed by atoms with E-state index in [0.717, 1.165) is 0 Å². The SMILES string of the molecule is ClC1=NC=NC(Cl)N1. The summed E-state index contributed by atoms with van der Waals surface area (Å²) in [7, 11) is 0. The molecule has 0 spiro atoms. The van der Waals surface area contributed by atoms with Gasteiger partial charge in [-0.15, -0.1) is 0 Å². The number of nitrogens with zero attached hydrogens (tertiary/aromatic N) is 2. The molecule has 3 nitrogen and oxygen atoms in total. The number of hydrogen-bond donors (Lipinski definition) is 1. The molecule has 1 rings (SSSR count). The summed E-state index contributed by atoms with van der Waals surface area (Å²) in [5.74, 6) is 0. The van der Waals surface area contributed by atoms with Crippen molar-refractivity contribution < 1.29 is 0 Å². The molecule has 0 saturated carbocycles. The molecule has 0 fully saturated rings. The molecule has 1 heterocycles. The minimum Gasteiger partial charge on any atom is -0.326 e. The number of halogens is 2. The Labute approximate surface area is 56.4 Å². The fourth-order valence-electron chi connectivity index (χ4n) is 0.315. The van der Waals surface area contributed by atoms with E-state index in [-0.39, 0.29) is 5.29 Å². The predicted octanol–water partition coefficient (Wildman–Crippen LogP) is 0.735. The van der Waals surface area contributed by atoms with Crippen molar-refractivity contribution in [3.8, 4) is 0 Å². The Kier molecular flexibility index (Phi) is 1.70. The Hall–Kier alpha value is -0.280. The van der Waals surface area contributed by atoms with Crippen LogP contribution in [0.5, 0.6) is 0 Å². The van der Waals surface area contributed by atoms with Crippen LogP contribution in [0.4, 0.5) is 0 Å². The van der Waals surface area contributed by atoms with Gasteiger partial charge in [-0.1, -0.05) is 11.6 Å². The van der Waals surface area contributed by atoms with Crippen LogP contribution in [0.1, 0.15) is 0 Å². The molecule has 0 aliphatic carbocycles. The fourth-order valence-corrected chi connectivity index (χ4v) is 0.672. The first-order chi connectivity index (χ1) is 3.79. The lowest BCUT2D eigenvalue weighted by Crippen LogP contribution is -2.28. The molecule has 0 amide bonds. The van der Waals surface area contributed by atoms with E-state index < -0.39 is 5.62 Å². The lowest BCUT2D eigenvalue weighted by Gasteiger charge is -2.07. The highest BCUT2D eigenvalue weighted by Crippen LogP contribution is 1.97. The van der Waals surface area contributed by atoms with Crippen LogP contribution >= 0.6 is 23.2 Å². The van der Waals surface area contributed by atoms with E-state index in [1.165, 1.54) is 6.34 Å². The molecule has 0 saturated heterocycles. The number of hydrogen-bond acceptors (Lipinski definition) is 3. The monoisotopic (exact) mass is 151 g/mol. The van der Waals surface area contributed by atoms with Crippen LogP contribution in [-0.4, -0.2) is 17.3 Å². The molecule has 8 heavy (non-hydrogen) atoms. The molecule has 44 valence electrons. The maximum absolute atomic E-state index is 5.44. The predicted molar refractivity (Wildman–Crippen MR) is 34.6 cm³/mol. The van der Waals surface area contributed by atoms with Crippen LogP contribution in [0.2, 0.25) is 0 Å². The molecule has 1 aliphatic heterocycles. The van der Waals surface area contributed by atoms with Gasteiger partial charge in [0.25, 0.3) is 0 Å². The summed E-state index contributed by atoms with van der Waals surface area (Å²) < 4.78 is 0. The summed E-state index contributed by atoms with van der Waals surface area (Å²) >= 11 is 10.8. The maximum Gasteiger partial charge on any atom is 0.199 e. The molecule has 1 N–H and O–H groups in total. The van der Waals surface area contributed by atoms with Crippen LogP contribution in [0.15, 0.2) is 9.98 Å². The van der Waals surface area contributed by atoms with Crippen molar-refractivity contribution in [1.82, 2.24) is 5.32 Å². The highest BCUT2D eigenvalue weighted by Gasteiger charge is 2.03. The standard InChI is InChI=1S/C3H3Cl2N3/c4-2-6-1-7-3(5)8-2/h1-2H,(H,6,7,8). The molecule has 0 radical (unpaired) electrons. The molecule has 1 atom stereocenters. The van der Waals surface area contributed by atoms with Crippen LogP contribution in [-0.2, 0) is 0 Å². The quantitative estimate of drug-likeness (QED) is 0.403. The van der Waals surface area contributed by atoms with Gasteiger partial charge in [0.15, 0.2) is 10.9 Å². The summed E-state index contributed by atoms with van der Waals surface area (Å²) in [6.07, 6.45) is 1.32. The van der Waals surface area contributed by atoms with Crippen molar-refractivity contribution in [2.45, 2.75) is 5.62 Å². The molecular weight excluding hydrogens is 149 g/mol. The zero-order valence-electron chi connectivity index (χ0n) is 3.81. The van der Waals surface area contributed by atoms with Crippen LogP contribution in [0, 0.1) is 0 Å². The van der Waals surface area contributed by atoms with Gasteiger partial charge in [-0.05, 0) is 11.6 Å². The Bertz CT molecular complexity index is 141. The van der Waals surface area contributed by atoms with Crippen LogP contribution in [0.25, 0.3) is 0 Å². The number of alkyl halides is 1. The molecular formula is C3H3Cl2N3. The molecule has 0 aromatic carbocycles. The van der Waals surface area contributed by atoms with Crippen LogP contribution in [0.3, 0.4) is 0 Å². The van der Waals surface area contributed by atoms with Gasteiger partial charge in [0.1, 0.15) is 6.34 Å². The van der Waals surface area contributed by atoms with E-state index in [4.69, 9.17) is 23.2 Å². The topological polar surface area (TPSA) is 36.8 Å². The molecule has 1 aliphatic rings. The number of nitrogens with one attached hydrogen (secondary N) is 1. The molecule has 5 heteroatoms. The van der Waals surface area contributed by atoms with Gasteiger partial charge in [-0.3, -0.25) is 0 Å². The second-order valence-corrected chi connectivity index (χ2v) is 1.94. The lowest BCUT2D eigenvalue weighted by molar-refractivity contribution is 0.848. The Morgan fingerprint density at radius 2 is 2.50 bits per heavy atom. The zero-order valence-corrected chi connectivity index (χ0v) is 5.32. The van der Waals surface area contributed by atoms with Crippen molar-refractivity contribution in [2.75, 3.05) is 0 Å². The minimum absolute atomic E-state index is 0.278. The van der Waals surface area contributed by atoms with Crippen LogP contribution < -0.4 is 5.32 Å². The second kappa shape index (κ2) is 2.33. The van der Waals surface area contributed by atoms with E-state index in [1.54, 1.807) is 0 Å². The zero-order chi connectivity index (χ0) is 5.98. The van der Waals surface area contributed by atoms with Crippen molar-refractivity contribution in [3.63, 3.8) is 0 Å². The highest BCUT2D eigenvalue weighted by atomic mass is 35.5. The number of amidine groups is 1. The number of rotatable bonds is 0. The lowest BCUT2D eigenvalue weighted by atomic mass is 10.9. The van der Waals surface area contributed by atoms with E-state index in [9.17, 15) is 0 Å². The van der Waals surface area contributed by atoms with E-state index in [0.29, 0.717) is 0 Å². The van der Waals surface area contributed by atoms with Crippen molar-refractivity contribution in [2.24, 2.45) is 9.98 Å². The van der Waals surface area contributed by atoms with Gasteiger partial charge < -0.3 is 5.32 Å². The van der Waals surface area contributed by atoms with Crippen molar-refractivity contribution in [3.05, 3.63) is 0 Å². The first-order valence-corrected chi connectivity index (χ1v) is 2.76. The van der Waals surface area contributed by atoms with Gasteiger partial charge in [-0.2, -0.15) is 0 Å². The van der Waals surface area contributed by atoms with Crippen molar-refractivity contribution in [1.29, 1.82) is 0 Å². The van der Waals surface area contributed by atoms with E-state index >= 15 is 0 Å². The van der Waals surface area contributed by atoms with Crippen molar-refractivity contribution >= 4 is 34.8 Å². The summed E-state index contributed by atoms with van der Waals surface area (Å²) in [6.45, 7) is 0. The van der Waals surface area contributed by atoms with E-state index in [1.807, 2.05) is 0 Å². The maximum atomic E-state index is 5.44. The average Bonchev–Trinajstić information content (AvgIpc) is 1.64. The number of aliphatic imine (C=N–C) groups is 2. The van der Waals surface area contributed by atoms with Gasteiger partial charge in [-0.25, -0.2) is 9.98 Å². The van der Waals surface area contributed by atoms with E-state index in [2.05, 4.69) is 15.3 Å². The van der Waals surface area contributed by atoms with Gasteiger partial charge in [0, 0.05) is 0 Å². The normalized spacial score (nSPS) is 26.8. The largest absolute Gasteiger partial charge is 0.326 e. The smallest absolute Gasteiger partial charge is 0.199 e. The highest BCUT2D eigenvalue weighted by molar-refractivity contribution is 6.65. The Morgan fingerprint density at radius 3 is 2.88 bits per heavy atom. The molecule has 0 aromatic heterocycles. The first kappa shape index (κ1) is 5.85. The van der Waals surface area contributed by atoms with Gasteiger partial charge in [0.2, 0.25) is 0 Å². The van der Waals surface area contributed by atoms with Gasteiger partial charge >= 0.3 is 0 Å². The average molecular weight is 152 g/mol. The summed E-state index contributed by atoms with van der Waals surface area (Å²) in [5.41, 5.74) is -0.458. The summed E-state index contributed by atoms with van der Waals surface area (Å²) in [4.78, 5) is 7.21. The summed E-state index contributed by atoms with van der Waals surface area (Å²) in [5, 5.41) is 2.84. The first-order valence-electron chi connectivity index (χ1n) is 1.94. The molecule has 0 bridgehead atoms. The molecule has 1 unspecified atom stereocenters. The second-order valence-electron chi connectivity index (χ2n) is 1.16. The molecule has 0 aromatic rings. The Balaban J connectivity index is 2.59.